The minimum absolute atomic E-state index is 0.0460. The number of aromatic nitrogens is 1. The van der Waals surface area contributed by atoms with E-state index in [-0.39, 0.29) is 24.6 Å². The summed E-state index contributed by atoms with van der Waals surface area (Å²) >= 11 is 0. The Balaban J connectivity index is 1.63. The van der Waals surface area contributed by atoms with E-state index < -0.39 is 16.1 Å². The number of carbonyl (C=O) groups is 2. The van der Waals surface area contributed by atoms with Gasteiger partial charge in [-0.1, -0.05) is 37.5 Å². The maximum absolute atomic E-state index is 13.5. The Labute approximate surface area is 240 Å². The molecule has 0 radical (unpaired) electrons. The predicted molar refractivity (Wildman–Crippen MR) is 159 cm³/mol. The van der Waals surface area contributed by atoms with Gasteiger partial charge in [-0.15, -0.1) is 0 Å². The highest BCUT2D eigenvalue weighted by atomic mass is 32.2. The number of nitrogens with one attached hydrogen (secondary N) is 2. The van der Waals surface area contributed by atoms with Gasteiger partial charge in [0, 0.05) is 47.7 Å². The summed E-state index contributed by atoms with van der Waals surface area (Å²) in [5.41, 5.74) is 5.78. The number of likely N-dealkylation sites (N-methyl/N-ethyl adjacent to an activating group) is 1. The molecule has 4 bridgehead atoms. The highest BCUT2D eigenvalue weighted by Gasteiger charge is 2.31. The highest BCUT2D eigenvalue weighted by molar-refractivity contribution is 7.87. The van der Waals surface area contributed by atoms with Crippen LogP contribution in [0, 0.1) is 0 Å². The summed E-state index contributed by atoms with van der Waals surface area (Å²) < 4.78 is 36.6. The SMILES string of the molecule is COc1ccc2c(c1)C=C1Cn3c-2c(C2CCCCC2)c2ccc(cc23)C(=O)NS(=O)(=O)N(C)C/C=C/CNC1=O. The molecule has 9 nitrogen and oxygen atoms in total. The van der Waals surface area contributed by atoms with Gasteiger partial charge in [-0.3, -0.25) is 9.59 Å². The zero-order valence-electron chi connectivity index (χ0n) is 23.3. The van der Waals surface area contributed by atoms with Crippen molar-refractivity contribution in [3.05, 3.63) is 70.8 Å². The molecule has 10 heteroatoms. The van der Waals surface area contributed by atoms with Crippen molar-refractivity contribution in [1.82, 2.24) is 18.9 Å². The highest BCUT2D eigenvalue weighted by Crippen LogP contribution is 2.47. The van der Waals surface area contributed by atoms with E-state index in [0.717, 1.165) is 57.7 Å². The van der Waals surface area contributed by atoms with Crippen molar-refractivity contribution in [3.63, 3.8) is 0 Å². The van der Waals surface area contributed by atoms with Crippen LogP contribution in [-0.2, 0) is 21.5 Å². The topological polar surface area (TPSA) is 110 Å². The molecule has 0 spiro atoms. The van der Waals surface area contributed by atoms with Gasteiger partial charge in [0.05, 0.1) is 19.3 Å². The van der Waals surface area contributed by atoms with Crippen molar-refractivity contribution in [3.8, 4) is 17.0 Å². The zero-order chi connectivity index (χ0) is 28.7. The van der Waals surface area contributed by atoms with E-state index in [9.17, 15) is 18.0 Å². The molecule has 0 saturated heterocycles. The van der Waals surface area contributed by atoms with Gasteiger partial charge in [0.15, 0.2) is 0 Å². The Morgan fingerprint density at radius 2 is 1.78 bits per heavy atom. The molecule has 2 amide bonds. The smallest absolute Gasteiger partial charge is 0.304 e. The summed E-state index contributed by atoms with van der Waals surface area (Å²) in [5, 5.41) is 3.98. The lowest BCUT2D eigenvalue weighted by molar-refractivity contribution is -0.117. The molecule has 2 N–H and O–H groups in total. The number of hydrogen-bond donors (Lipinski definition) is 2. The largest absolute Gasteiger partial charge is 0.497 e. The lowest BCUT2D eigenvalue weighted by atomic mass is 9.81. The summed E-state index contributed by atoms with van der Waals surface area (Å²) in [6, 6.07) is 11.3. The van der Waals surface area contributed by atoms with E-state index in [1.165, 1.54) is 19.0 Å². The minimum atomic E-state index is -4.06. The van der Waals surface area contributed by atoms with Crippen molar-refractivity contribution in [2.24, 2.45) is 0 Å². The first-order valence-corrected chi connectivity index (χ1v) is 15.5. The number of methoxy groups -OCH3 is 1. The number of nitrogens with zero attached hydrogens (tertiary/aromatic N) is 2. The molecule has 6 rings (SSSR count). The van der Waals surface area contributed by atoms with E-state index in [2.05, 4.69) is 14.6 Å². The summed E-state index contributed by atoms with van der Waals surface area (Å²) in [5.74, 6) is 0.131. The molecular weight excluding hydrogens is 540 g/mol. The fourth-order valence-corrected chi connectivity index (χ4v) is 7.03. The molecule has 1 fully saturated rings. The lowest BCUT2D eigenvalue weighted by Crippen LogP contribution is -2.41. The molecule has 1 aromatic heterocycles. The van der Waals surface area contributed by atoms with Crippen molar-refractivity contribution in [2.75, 3.05) is 27.2 Å². The van der Waals surface area contributed by atoms with E-state index in [0.29, 0.717) is 23.8 Å². The molecule has 214 valence electrons. The first-order chi connectivity index (χ1) is 19.8. The number of fused-ring (bicyclic) bond motifs is 4. The van der Waals surface area contributed by atoms with Gasteiger partial charge in [-0.2, -0.15) is 12.7 Å². The van der Waals surface area contributed by atoms with Crippen LogP contribution in [0.2, 0.25) is 0 Å². The van der Waals surface area contributed by atoms with Crippen LogP contribution in [0.5, 0.6) is 5.75 Å². The minimum Gasteiger partial charge on any atom is -0.497 e. The Kier molecular flexibility index (Phi) is 7.21. The van der Waals surface area contributed by atoms with E-state index in [1.807, 2.05) is 30.3 Å². The summed E-state index contributed by atoms with van der Waals surface area (Å²) in [6.45, 7) is 0.583. The number of rotatable bonds is 2. The van der Waals surface area contributed by atoms with Gasteiger partial charge in [-0.05, 0) is 66.3 Å². The molecule has 2 aromatic carbocycles. The number of ether oxygens (including phenoxy) is 1. The maximum atomic E-state index is 13.5. The van der Waals surface area contributed by atoms with Gasteiger partial charge in [0.2, 0.25) is 5.91 Å². The normalized spacial score (nSPS) is 20.7. The van der Waals surface area contributed by atoms with Gasteiger partial charge in [0.25, 0.3) is 5.91 Å². The fourth-order valence-electron chi connectivity index (χ4n) is 6.24. The zero-order valence-corrected chi connectivity index (χ0v) is 24.1. The molecule has 3 aromatic rings. The second-order valence-electron chi connectivity index (χ2n) is 10.9. The predicted octanol–water partition coefficient (Wildman–Crippen LogP) is 4.35. The Hall–Kier alpha value is -3.89. The molecule has 0 unspecified atom stereocenters. The average molecular weight is 575 g/mol. The molecule has 3 heterocycles. The second kappa shape index (κ2) is 10.8. The van der Waals surface area contributed by atoms with Gasteiger partial charge >= 0.3 is 10.2 Å². The maximum Gasteiger partial charge on any atom is 0.304 e. The van der Waals surface area contributed by atoms with Crippen LogP contribution in [0.3, 0.4) is 0 Å². The van der Waals surface area contributed by atoms with Gasteiger partial charge in [-0.25, -0.2) is 4.72 Å². The number of carbonyl (C=O) groups excluding carboxylic acids is 2. The van der Waals surface area contributed by atoms with Crippen LogP contribution in [0.4, 0.5) is 0 Å². The third-order valence-corrected chi connectivity index (χ3v) is 9.80. The first-order valence-electron chi connectivity index (χ1n) is 14.0. The molecule has 2 aliphatic heterocycles. The first kappa shape index (κ1) is 27.3. The van der Waals surface area contributed by atoms with Crippen LogP contribution in [0.25, 0.3) is 28.2 Å². The summed E-state index contributed by atoms with van der Waals surface area (Å²) in [7, 11) is -1.04. The van der Waals surface area contributed by atoms with Crippen LogP contribution in [0.15, 0.2) is 54.1 Å². The van der Waals surface area contributed by atoms with Crippen molar-refractivity contribution < 1.29 is 22.7 Å². The van der Waals surface area contributed by atoms with Gasteiger partial charge < -0.3 is 14.6 Å². The standard InChI is InChI=1S/C31H34N4O5S/c1-34-15-7-6-14-32-30(36)23-16-22-17-24(40-2)11-13-25(22)29-28(20-8-4-3-5-9-20)26-12-10-21(18-27(26)35(29)19-23)31(37)33-41(34,38)39/h6-7,10-13,16-18,20H,3-5,8-9,14-15,19H2,1-2H3,(H,32,36)(H,33,37)/b7-6+. The number of benzene rings is 2. The third-order valence-electron chi connectivity index (χ3n) is 8.38. The lowest BCUT2D eigenvalue weighted by Gasteiger charge is -2.24. The van der Waals surface area contributed by atoms with Crippen molar-refractivity contribution in [1.29, 1.82) is 0 Å². The van der Waals surface area contributed by atoms with Crippen molar-refractivity contribution in [2.45, 2.75) is 44.6 Å². The molecule has 3 aliphatic rings. The van der Waals surface area contributed by atoms with Crippen LogP contribution < -0.4 is 14.8 Å². The Morgan fingerprint density at radius 1 is 0.976 bits per heavy atom. The third kappa shape index (κ3) is 5.06. The van der Waals surface area contributed by atoms with Gasteiger partial charge in [0.1, 0.15) is 5.75 Å². The Bertz CT molecular complexity index is 1710. The molecule has 0 atom stereocenters. The summed E-state index contributed by atoms with van der Waals surface area (Å²) in [6.07, 6.45) is 10.9. The Morgan fingerprint density at radius 3 is 2.56 bits per heavy atom. The van der Waals surface area contributed by atoms with E-state index >= 15 is 0 Å². The fraction of sp³-hybridized carbons (Fsp3) is 0.355. The number of hydrogen-bond acceptors (Lipinski definition) is 5. The number of amides is 2. The van der Waals surface area contributed by atoms with E-state index in [1.54, 1.807) is 31.4 Å². The van der Waals surface area contributed by atoms with Crippen LogP contribution in [0.1, 0.15) is 59.5 Å². The van der Waals surface area contributed by atoms with Crippen LogP contribution in [-0.4, -0.2) is 56.4 Å². The van der Waals surface area contributed by atoms with E-state index in [4.69, 9.17) is 4.74 Å². The summed E-state index contributed by atoms with van der Waals surface area (Å²) in [4.78, 5) is 26.8. The molecular formula is C31H34N4O5S. The molecule has 41 heavy (non-hydrogen) atoms. The molecule has 1 saturated carbocycles. The van der Waals surface area contributed by atoms with Crippen LogP contribution >= 0.6 is 0 Å². The molecule has 1 aliphatic carbocycles. The monoisotopic (exact) mass is 574 g/mol. The average Bonchev–Trinajstić information content (AvgIpc) is 3.18. The van der Waals surface area contributed by atoms with Crippen molar-refractivity contribution >= 4 is 39.0 Å². The quantitative estimate of drug-likeness (QED) is 0.442. The second-order valence-corrected chi connectivity index (χ2v) is 12.7.